The summed E-state index contributed by atoms with van der Waals surface area (Å²) in [7, 11) is 0. The molecule has 1 unspecified atom stereocenters. The Morgan fingerprint density at radius 2 is 1.82 bits per heavy atom. The number of anilines is 1. The first-order valence-corrected chi connectivity index (χ1v) is 6.12. The molecule has 0 fully saturated rings. The van der Waals surface area contributed by atoms with Crippen LogP contribution in [0.3, 0.4) is 0 Å². The van der Waals surface area contributed by atoms with Crippen molar-refractivity contribution in [3.8, 4) is 0 Å². The third-order valence-electron chi connectivity index (χ3n) is 2.55. The smallest absolute Gasteiger partial charge is 0.225 e. The molecular weight excluding hydrogens is 212 g/mol. The van der Waals surface area contributed by atoms with Crippen molar-refractivity contribution >= 4 is 11.6 Å². The molecule has 0 aliphatic heterocycles. The van der Waals surface area contributed by atoms with E-state index in [0.717, 1.165) is 12.2 Å². The molecular formula is C14H22N2O. The van der Waals surface area contributed by atoms with Gasteiger partial charge in [0.15, 0.2) is 0 Å². The van der Waals surface area contributed by atoms with E-state index in [9.17, 15) is 4.79 Å². The first-order chi connectivity index (χ1) is 8.01. The maximum absolute atomic E-state index is 11.8. The summed E-state index contributed by atoms with van der Waals surface area (Å²) in [6.07, 6.45) is 0.501. The van der Waals surface area contributed by atoms with Crippen LogP contribution in [-0.2, 0) is 4.79 Å². The number of carbonyl (C=O) groups is 1. The molecule has 0 spiro atoms. The number of aryl methyl sites for hydroxylation is 2. The van der Waals surface area contributed by atoms with Crippen molar-refractivity contribution in [2.75, 3.05) is 11.9 Å². The highest BCUT2D eigenvalue weighted by molar-refractivity contribution is 5.91. The summed E-state index contributed by atoms with van der Waals surface area (Å²) in [6.45, 7) is 9.01. The fraction of sp³-hybridized carbons (Fsp3) is 0.500. The number of amides is 1. The summed E-state index contributed by atoms with van der Waals surface area (Å²) in [6, 6.07) is 6.29. The summed E-state index contributed by atoms with van der Waals surface area (Å²) < 4.78 is 0. The molecule has 0 aliphatic carbocycles. The van der Waals surface area contributed by atoms with Gasteiger partial charge in [0.1, 0.15) is 0 Å². The van der Waals surface area contributed by atoms with E-state index in [4.69, 9.17) is 0 Å². The maximum atomic E-state index is 11.8. The van der Waals surface area contributed by atoms with Crippen LogP contribution < -0.4 is 10.6 Å². The fourth-order valence-electron chi connectivity index (χ4n) is 1.96. The van der Waals surface area contributed by atoms with Gasteiger partial charge in [-0.2, -0.15) is 0 Å². The molecule has 1 amide bonds. The Kier molecular flexibility index (Phi) is 5.16. The molecule has 3 heteroatoms. The third kappa shape index (κ3) is 5.00. The highest BCUT2D eigenvalue weighted by atomic mass is 16.1. The largest absolute Gasteiger partial charge is 0.326 e. The minimum absolute atomic E-state index is 0.0588. The van der Waals surface area contributed by atoms with E-state index in [1.807, 2.05) is 39.8 Å². The van der Waals surface area contributed by atoms with Crippen molar-refractivity contribution in [2.24, 2.45) is 0 Å². The van der Waals surface area contributed by atoms with Gasteiger partial charge in [-0.25, -0.2) is 0 Å². The Bertz CT molecular complexity index is 368. The molecule has 17 heavy (non-hydrogen) atoms. The van der Waals surface area contributed by atoms with Crippen molar-refractivity contribution in [3.63, 3.8) is 0 Å². The lowest BCUT2D eigenvalue weighted by molar-refractivity contribution is -0.116. The first-order valence-electron chi connectivity index (χ1n) is 6.12. The Balaban J connectivity index is 2.56. The van der Waals surface area contributed by atoms with Crippen LogP contribution >= 0.6 is 0 Å². The summed E-state index contributed by atoms with van der Waals surface area (Å²) in [4.78, 5) is 11.8. The highest BCUT2D eigenvalue weighted by Gasteiger charge is 2.08. The van der Waals surface area contributed by atoms with E-state index >= 15 is 0 Å². The van der Waals surface area contributed by atoms with Crippen LogP contribution in [0.1, 0.15) is 31.4 Å². The number of rotatable bonds is 5. The second kappa shape index (κ2) is 6.40. The second-order valence-electron chi connectivity index (χ2n) is 4.59. The molecule has 1 atom stereocenters. The summed E-state index contributed by atoms with van der Waals surface area (Å²) >= 11 is 0. The van der Waals surface area contributed by atoms with E-state index in [1.54, 1.807) is 0 Å². The van der Waals surface area contributed by atoms with Gasteiger partial charge in [0, 0.05) is 18.2 Å². The Morgan fingerprint density at radius 1 is 1.24 bits per heavy atom. The molecule has 1 rings (SSSR count). The molecule has 0 radical (unpaired) electrons. The number of carbonyl (C=O) groups excluding carboxylic acids is 1. The van der Waals surface area contributed by atoms with E-state index in [-0.39, 0.29) is 11.9 Å². The number of hydrogen-bond acceptors (Lipinski definition) is 2. The van der Waals surface area contributed by atoms with Crippen LogP contribution in [0.2, 0.25) is 0 Å². The maximum Gasteiger partial charge on any atom is 0.225 e. The van der Waals surface area contributed by atoms with Gasteiger partial charge in [0.2, 0.25) is 5.91 Å². The molecule has 0 heterocycles. The van der Waals surface area contributed by atoms with Crippen molar-refractivity contribution in [1.29, 1.82) is 0 Å². The topological polar surface area (TPSA) is 41.1 Å². The first kappa shape index (κ1) is 13.7. The average Bonchev–Trinajstić information content (AvgIpc) is 2.14. The normalized spacial score (nSPS) is 12.2. The standard InChI is InChI=1S/C14H22N2O/c1-5-15-12(4)9-14(17)16-13-7-10(2)6-11(3)8-13/h6-8,12,15H,5,9H2,1-4H3,(H,16,17). The van der Waals surface area contributed by atoms with Crippen molar-refractivity contribution in [2.45, 2.75) is 40.2 Å². The number of benzene rings is 1. The third-order valence-corrected chi connectivity index (χ3v) is 2.55. The molecule has 2 N–H and O–H groups in total. The fourth-order valence-corrected chi connectivity index (χ4v) is 1.96. The monoisotopic (exact) mass is 234 g/mol. The predicted molar refractivity (Wildman–Crippen MR) is 72.3 cm³/mol. The van der Waals surface area contributed by atoms with Gasteiger partial charge >= 0.3 is 0 Å². The van der Waals surface area contributed by atoms with Crippen LogP contribution in [0.5, 0.6) is 0 Å². The van der Waals surface area contributed by atoms with Crippen LogP contribution in [0.4, 0.5) is 5.69 Å². The zero-order valence-corrected chi connectivity index (χ0v) is 11.1. The highest BCUT2D eigenvalue weighted by Crippen LogP contribution is 2.14. The predicted octanol–water partition coefficient (Wildman–Crippen LogP) is 2.63. The summed E-state index contributed by atoms with van der Waals surface area (Å²) in [5, 5.41) is 6.16. The van der Waals surface area contributed by atoms with Gasteiger partial charge in [-0.05, 0) is 50.6 Å². The minimum Gasteiger partial charge on any atom is -0.326 e. The molecule has 0 aliphatic rings. The molecule has 1 aromatic rings. The number of nitrogens with one attached hydrogen (secondary N) is 2. The average molecular weight is 234 g/mol. The zero-order valence-electron chi connectivity index (χ0n) is 11.1. The van der Waals surface area contributed by atoms with E-state index in [2.05, 4.69) is 16.7 Å². The molecule has 0 aromatic heterocycles. The Morgan fingerprint density at radius 3 is 2.35 bits per heavy atom. The van der Waals surface area contributed by atoms with Gasteiger partial charge in [-0.1, -0.05) is 13.0 Å². The van der Waals surface area contributed by atoms with Gasteiger partial charge in [-0.3, -0.25) is 4.79 Å². The second-order valence-corrected chi connectivity index (χ2v) is 4.59. The van der Waals surface area contributed by atoms with Crippen LogP contribution in [-0.4, -0.2) is 18.5 Å². The molecule has 94 valence electrons. The quantitative estimate of drug-likeness (QED) is 0.822. The minimum atomic E-state index is 0.0588. The van der Waals surface area contributed by atoms with E-state index in [1.165, 1.54) is 11.1 Å². The van der Waals surface area contributed by atoms with Crippen molar-refractivity contribution in [1.82, 2.24) is 5.32 Å². The van der Waals surface area contributed by atoms with Crippen molar-refractivity contribution in [3.05, 3.63) is 29.3 Å². The SMILES string of the molecule is CCNC(C)CC(=O)Nc1cc(C)cc(C)c1. The molecule has 1 aromatic carbocycles. The summed E-state index contributed by atoms with van der Waals surface area (Å²) in [5.41, 5.74) is 3.22. The molecule has 0 saturated heterocycles. The molecule has 0 bridgehead atoms. The zero-order chi connectivity index (χ0) is 12.8. The lowest BCUT2D eigenvalue weighted by Gasteiger charge is -2.12. The summed E-state index contributed by atoms with van der Waals surface area (Å²) in [5.74, 6) is 0.0588. The lowest BCUT2D eigenvalue weighted by Crippen LogP contribution is -2.30. The van der Waals surface area contributed by atoms with E-state index < -0.39 is 0 Å². The molecule has 0 saturated carbocycles. The van der Waals surface area contributed by atoms with Gasteiger partial charge < -0.3 is 10.6 Å². The van der Waals surface area contributed by atoms with E-state index in [0.29, 0.717) is 6.42 Å². The van der Waals surface area contributed by atoms with Gasteiger partial charge in [-0.15, -0.1) is 0 Å². The lowest BCUT2D eigenvalue weighted by atomic mass is 10.1. The van der Waals surface area contributed by atoms with Crippen molar-refractivity contribution < 1.29 is 4.79 Å². The Hall–Kier alpha value is -1.35. The van der Waals surface area contributed by atoms with Crippen LogP contribution in [0.15, 0.2) is 18.2 Å². The van der Waals surface area contributed by atoms with Gasteiger partial charge in [0.05, 0.1) is 0 Å². The van der Waals surface area contributed by atoms with Crippen LogP contribution in [0.25, 0.3) is 0 Å². The van der Waals surface area contributed by atoms with Crippen LogP contribution in [0, 0.1) is 13.8 Å². The Labute approximate surface area is 104 Å². The molecule has 3 nitrogen and oxygen atoms in total. The van der Waals surface area contributed by atoms with Gasteiger partial charge in [0.25, 0.3) is 0 Å². The number of hydrogen-bond donors (Lipinski definition) is 2.